The average molecular weight is 692 g/mol. The molecule has 0 bridgehead atoms. The lowest BCUT2D eigenvalue weighted by Gasteiger charge is -1.98. The Labute approximate surface area is 306 Å². The van der Waals surface area contributed by atoms with Gasteiger partial charge in [0.05, 0.1) is 0 Å². The Morgan fingerprint density at radius 3 is 0.720 bits per heavy atom. The van der Waals surface area contributed by atoms with Crippen molar-refractivity contribution in [1.29, 1.82) is 0 Å². The van der Waals surface area contributed by atoms with Crippen molar-refractivity contribution in [2.45, 2.75) is 68.2 Å². The minimum absolute atomic E-state index is 0. The Hall–Kier alpha value is -4.85. The van der Waals surface area contributed by atoms with Gasteiger partial charge in [-0.1, -0.05) is 188 Å². The summed E-state index contributed by atoms with van der Waals surface area (Å²) in [6.45, 7) is 8.73. The summed E-state index contributed by atoms with van der Waals surface area (Å²) >= 11 is 0. The molecule has 1 atom stereocenters. The number of phenolic OH excluding ortho intramolecular Hbond substituents is 2. The second-order valence-electron chi connectivity index (χ2n) is 10.4. The molecular formula is C46H60O3P-. The molecule has 0 aromatic heterocycles. The molecular weight excluding hydrogens is 631 g/mol. The number of aromatic hydroxyl groups is 2. The third-order valence-corrected chi connectivity index (χ3v) is 7.12. The minimum atomic E-state index is 0. The molecule has 0 heterocycles. The van der Waals surface area contributed by atoms with Crippen molar-refractivity contribution in [3.63, 3.8) is 0 Å². The fourth-order valence-corrected chi connectivity index (χ4v) is 3.97. The van der Waals surface area contributed by atoms with Crippen LogP contribution >= 0.6 is 9.24 Å². The van der Waals surface area contributed by atoms with Crippen molar-refractivity contribution in [3.8, 4) is 17.2 Å². The van der Waals surface area contributed by atoms with Crippen molar-refractivity contribution >= 4 is 14.5 Å². The van der Waals surface area contributed by atoms with E-state index in [1.165, 1.54) is 39.7 Å². The molecule has 6 rings (SSSR count). The second kappa shape index (κ2) is 31.4. The van der Waals surface area contributed by atoms with Gasteiger partial charge in [-0.05, 0) is 77.5 Å². The molecule has 6 aromatic rings. The topological polar surface area (TPSA) is 63.5 Å². The highest BCUT2D eigenvalue weighted by Gasteiger charge is 1.89. The van der Waals surface area contributed by atoms with E-state index in [0.29, 0.717) is 11.5 Å². The Kier molecular flexibility index (Phi) is 29.7. The molecule has 3 nitrogen and oxygen atoms in total. The van der Waals surface area contributed by atoms with Gasteiger partial charge in [0, 0.05) is 0 Å². The molecule has 6 aromatic carbocycles. The first kappa shape index (κ1) is 47.3. The molecule has 0 saturated carbocycles. The minimum Gasteiger partial charge on any atom is -0.872 e. The summed E-state index contributed by atoms with van der Waals surface area (Å²) in [6, 6.07) is 53.5. The van der Waals surface area contributed by atoms with Gasteiger partial charge < -0.3 is 15.3 Å². The summed E-state index contributed by atoms with van der Waals surface area (Å²) in [5, 5.41) is 28.8. The highest BCUT2D eigenvalue weighted by atomic mass is 31.0. The molecule has 1 unspecified atom stereocenters. The standard InChI is InChI=1S/2C10H14.3C6H6O.C6H7P.2CH4/c2*1-3-9-5-7-10(4-2)8-6-9;4*7-6-4-2-1-3-5-6;;/h2*5-8H,3-4H2,1-2H3;3*1-5,7H;1-5H,7H2;2*1H4/p-1. The normalized spacial score (nSPS) is 8.74. The molecule has 0 radical (unpaired) electrons. The molecule has 268 valence electrons. The SMILES string of the molecule is C.C.CCc1ccc(CC)cc1.CCc1ccc(CC)cc1.Oc1ccccc1.Oc1ccccc1.Pc1ccccc1.[O-]c1ccccc1. The van der Waals surface area contributed by atoms with E-state index < -0.39 is 0 Å². The molecule has 0 saturated heterocycles. The van der Waals surface area contributed by atoms with Gasteiger partial charge in [-0.15, -0.1) is 15.0 Å². The largest absolute Gasteiger partial charge is 0.872 e. The van der Waals surface area contributed by atoms with Crippen LogP contribution < -0.4 is 10.4 Å². The first-order valence-electron chi connectivity index (χ1n) is 16.5. The third-order valence-electron chi connectivity index (χ3n) is 6.73. The summed E-state index contributed by atoms with van der Waals surface area (Å²) in [5.41, 5.74) is 5.71. The zero-order valence-corrected chi connectivity index (χ0v) is 30.0. The van der Waals surface area contributed by atoms with E-state index in [-0.39, 0.29) is 20.6 Å². The molecule has 0 aliphatic rings. The molecule has 0 amide bonds. The van der Waals surface area contributed by atoms with Crippen LogP contribution in [0.3, 0.4) is 0 Å². The lowest BCUT2D eigenvalue weighted by Crippen LogP contribution is -1.85. The van der Waals surface area contributed by atoms with Gasteiger partial charge in [0.2, 0.25) is 0 Å². The van der Waals surface area contributed by atoms with Gasteiger partial charge in [0.1, 0.15) is 11.5 Å². The summed E-state index contributed by atoms with van der Waals surface area (Å²) in [7, 11) is 2.63. The van der Waals surface area contributed by atoms with Crippen molar-refractivity contribution < 1.29 is 15.3 Å². The number of aryl methyl sites for hydroxylation is 4. The Balaban J connectivity index is 0. The second-order valence-corrected chi connectivity index (χ2v) is 11.1. The van der Waals surface area contributed by atoms with Gasteiger partial charge in [0.15, 0.2) is 0 Å². The molecule has 4 heteroatoms. The predicted octanol–water partition coefficient (Wildman–Crippen LogP) is 11.6. The van der Waals surface area contributed by atoms with E-state index >= 15 is 0 Å². The van der Waals surface area contributed by atoms with Gasteiger partial charge in [0.25, 0.3) is 0 Å². The van der Waals surface area contributed by atoms with Gasteiger partial charge in [-0.2, -0.15) is 0 Å². The number of rotatable bonds is 4. The third kappa shape index (κ3) is 25.2. The van der Waals surface area contributed by atoms with E-state index in [1.54, 1.807) is 60.7 Å². The highest BCUT2D eigenvalue weighted by molar-refractivity contribution is 7.27. The molecule has 0 aliphatic carbocycles. The van der Waals surface area contributed by atoms with Crippen LogP contribution in [0.2, 0.25) is 0 Å². The van der Waals surface area contributed by atoms with Crippen molar-refractivity contribution in [3.05, 3.63) is 192 Å². The van der Waals surface area contributed by atoms with Crippen molar-refractivity contribution in [1.82, 2.24) is 0 Å². The number of benzene rings is 6. The zero-order chi connectivity index (χ0) is 35.2. The lowest BCUT2D eigenvalue weighted by atomic mass is 10.1. The summed E-state index contributed by atoms with van der Waals surface area (Å²) in [5.74, 6) is 0.715. The fraction of sp³-hybridized carbons (Fsp3) is 0.217. The summed E-state index contributed by atoms with van der Waals surface area (Å²) < 4.78 is 0. The van der Waals surface area contributed by atoms with Gasteiger partial charge in [-0.3, -0.25) is 0 Å². The Morgan fingerprint density at radius 2 is 0.600 bits per heavy atom. The van der Waals surface area contributed by atoms with Crippen LogP contribution in [0.25, 0.3) is 0 Å². The predicted molar refractivity (Wildman–Crippen MR) is 222 cm³/mol. The maximum absolute atomic E-state index is 10.3. The molecule has 50 heavy (non-hydrogen) atoms. The van der Waals surface area contributed by atoms with Crippen molar-refractivity contribution in [2.24, 2.45) is 0 Å². The fourth-order valence-electron chi connectivity index (χ4n) is 3.75. The van der Waals surface area contributed by atoms with Crippen LogP contribution in [0.15, 0.2) is 170 Å². The molecule has 2 N–H and O–H groups in total. The van der Waals surface area contributed by atoms with Crippen LogP contribution in [-0.2, 0) is 25.7 Å². The maximum Gasteiger partial charge on any atom is 0.115 e. The maximum atomic E-state index is 10.3. The molecule has 0 aliphatic heterocycles. The lowest BCUT2D eigenvalue weighted by molar-refractivity contribution is -0.268. The van der Waals surface area contributed by atoms with E-state index in [9.17, 15) is 5.11 Å². The number of phenols is 2. The first-order chi connectivity index (χ1) is 23.3. The number of para-hydroxylation sites is 3. The quantitative estimate of drug-likeness (QED) is 0.181. The van der Waals surface area contributed by atoms with E-state index in [4.69, 9.17) is 10.2 Å². The summed E-state index contributed by atoms with van der Waals surface area (Å²) in [4.78, 5) is 0. The number of hydrogen-bond donors (Lipinski definition) is 2. The van der Waals surface area contributed by atoms with E-state index in [1.807, 2.05) is 48.5 Å². The first-order valence-corrected chi connectivity index (χ1v) is 17.0. The number of hydrogen-bond acceptors (Lipinski definition) is 3. The Morgan fingerprint density at radius 1 is 0.380 bits per heavy atom. The van der Waals surface area contributed by atoms with Crippen LogP contribution in [0.4, 0.5) is 0 Å². The smallest absolute Gasteiger partial charge is 0.115 e. The monoisotopic (exact) mass is 691 g/mol. The van der Waals surface area contributed by atoms with Crippen LogP contribution in [0.1, 0.15) is 64.8 Å². The van der Waals surface area contributed by atoms with Gasteiger partial charge >= 0.3 is 0 Å². The van der Waals surface area contributed by atoms with Crippen LogP contribution in [-0.4, -0.2) is 10.2 Å². The van der Waals surface area contributed by atoms with E-state index in [2.05, 4.69) is 85.5 Å². The van der Waals surface area contributed by atoms with Crippen molar-refractivity contribution in [2.75, 3.05) is 0 Å². The Bertz CT molecular complexity index is 1300. The average Bonchev–Trinajstić information content (AvgIpc) is 3.14. The molecule has 0 spiro atoms. The molecule has 0 fully saturated rings. The highest BCUT2D eigenvalue weighted by Crippen LogP contribution is 2.06. The van der Waals surface area contributed by atoms with E-state index in [0.717, 1.165) is 25.7 Å². The zero-order valence-electron chi connectivity index (χ0n) is 28.9. The van der Waals surface area contributed by atoms with Gasteiger partial charge in [-0.25, -0.2) is 0 Å². The summed E-state index contributed by atoms with van der Waals surface area (Å²) in [6.07, 6.45) is 4.57. The van der Waals surface area contributed by atoms with Crippen LogP contribution in [0, 0.1) is 0 Å². The van der Waals surface area contributed by atoms with Crippen LogP contribution in [0.5, 0.6) is 17.2 Å².